The number of carbonyl (C=O) groups is 1. The van der Waals surface area contributed by atoms with E-state index in [9.17, 15) is 17.6 Å². The summed E-state index contributed by atoms with van der Waals surface area (Å²) in [4.78, 5) is 16.3. The van der Waals surface area contributed by atoms with Gasteiger partial charge in [0, 0.05) is 30.8 Å². The van der Waals surface area contributed by atoms with E-state index in [2.05, 4.69) is 4.72 Å². The molecule has 0 saturated carbocycles. The van der Waals surface area contributed by atoms with Gasteiger partial charge in [-0.05, 0) is 24.0 Å². The minimum Gasteiger partial charge on any atom is -0.491 e. The molecule has 1 fully saturated rings. The first kappa shape index (κ1) is 23.4. The number of hydrogen-bond donors (Lipinski definition) is 1. The van der Waals surface area contributed by atoms with E-state index >= 15 is 4.39 Å². The number of hydrogen-bond acceptors (Lipinski definition) is 4. The molecule has 10 heteroatoms. The van der Waals surface area contributed by atoms with Crippen LogP contribution in [0, 0.1) is 11.7 Å². The van der Waals surface area contributed by atoms with Crippen LogP contribution in [0.5, 0.6) is 5.75 Å². The van der Waals surface area contributed by atoms with Gasteiger partial charge in [-0.2, -0.15) is 0 Å². The molecular weight excluding hydrogens is 452 g/mol. The molecule has 0 radical (unpaired) electrons. The fourth-order valence-electron chi connectivity index (χ4n) is 4.62. The van der Waals surface area contributed by atoms with E-state index in [4.69, 9.17) is 4.74 Å². The van der Waals surface area contributed by atoms with Crippen LogP contribution >= 0.6 is 0 Å². The second-order valence-electron chi connectivity index (χ2n) is 8.60. The highest BCUT2D eigenvalue weighted by Crippen LogP contribution is 2.35. The van der Waals surface area contributed by atoms with Gasteiger partial charge in [0.25, 0.3) is 0 Å². The number of sulfonamides is 1. The number of urea groups is 1. The minimum absolute atomic E-state index is 0.0755. The largest absolute Gasteiger partial charge is 0.491 e. The lowest BCUT2D eigenvalue weighted by atomic mass is 9.93. The van der Waals surface area contributed by atoms with Gasteiger partial charge in [0.05, 0.1) is 12.6 Å². The maximum absolute atomic E-state index is 15.7. The zero-order valence-electron chi connectivity index (χ0n) is 18.5. The highest BCUT2D eigenvalue weighted by molar-refractivity contribution is 7.89. The Morgan fingerprint density at radius 2 is 1.88 bits per heavy atom. The fraction of sp³-hybridized carbons (Fsp3) is 0.435. The third-order valence-electron chi connectivity index (χ3n) is 6.31. The number of halogens is 2. The second kappa shape index (κ2) is 9.26. The topological polar surface area (TPSA) is 79.0 Å². The van der Waals surface area contributed by atoms with Crippen LogP contribution in [-0.4, -0.2) is 69.1 Å². The predicted molar refractivity (Wildman–Crippen MR) is 121 cm³/mol. The molecule has 7 nitrogen and oxygen atoms in total. The van der Waals surface area contributed by atoms with Crippen molar-refractivity contribution in [1.82, 2.24) is 14.5 Å². The molecule has 0 aliphatic carbocycles. The first-order valence-corrected chi connectivity index (χ1v) is 12.4. The summed E-state index contributed by atoms with van der Waals surface area (Å²) in [6.07, 6.45) is 0.0755. The normalized spacial score (nSPS) is 23.6. The quantitative estimate of drug-likeness (QED) is 0.734. The van der Waals surface area contributed by atoms with Gasteiger partial charge in [0.2, 0.25) is 16.0 Å². The van der Waals surface area contributed by atoms with Crippen LogP contribution in [0.3, 0.4) is 0 Å². The lowest BCUT2D eigenvalue weighted by Gasteiger charge is -2.32. The van der Waals surface area contributed by atoms with Gasteiger partial charge in [0.15, 0.2) is 0 Å². The molecule has 2 bridgehead atoms. The molecule has 2 aromatic carbocycles. The number of likely N-dealkylation sites (N-methyl/N-ethyl adjacent to an activating group) is 1. The van der Waals surface area contributed by atoms with Gasteiger partial charge in [-0.3, -0.25) is 0 Å². The van der Waals surface area contributed by atoms with Crippen molar-refractivity contribution in [2.24, 2.45) is 5.92 Å². The smallest absolute Gasteiger partial charge is 0.320 e. The van der Waals surface area contributed by atoms with Crippen molar-refractivity contribution in [1.29, 1.82) is 0 Å². The number of amides is 2. The van der Waals surface area contributed by atoms with Crippen molar-refractivity contribution in [2.45, 2.75) is 25.4 Å². The molecule has 2 heterocycles. The number of benzene rings is 2. The van der Waals surface area contributed by atoms with E-state index in [0.29, 0.717) is 22.4 Å². The Hall–Kier alpha value is -2.72. The highest BCUT2D eigenvalue weighted by Gasteiger charge is 2.44. The molecule has 0 spiro atoms. The highest BCUT2D eigenvalue weighted by atomic mass is 32.2. The summed E-state index contributed by atoms with van der Waals surface area (Å²) in [5.74, 6) is -0.235. The molecule has 178 valence electrons. The first-order valence-electron chi connectivity index (χ1n) is 10.8. The number of fused-ring (bicyclic) bond motifs is 5. The number of nitrogens with one attached hydrogen (secondary N) is 1. The summed E-state index contributed by atoms with van der Waals surface area (Å²) in [5.41, 5.74) is 1.29. The maximum Gasteiger partial charge on any atom is 0.320 e. The number of rotatable bonds is 3. The van der Waals surface area contributed by atoms with Gasteiger partial charge in [-0.25, -0.2) is 26.7 Å². The van der Waals surface area contributed by atoms with Crippen LogP contribution in [0.15, 0.2) is 42.5 Å². The number of alkyl halides is 1. The standard InChI is InChI=1S/C23H27F2N3O4S/c1-15-13-28-19(22(15)26-33(30,31)14-24)12-16-6-5-8-18(21(16)25)17-7-3-4-9-20(17)32-11-10-27(2)23(28)29/h3-9,15,19,22,26H,10-14H2,1-2H3/t15-,19-,22-/m1/s1. The van der Waals surface area contributed by atoms with Crippen LogP contribution in [0.1, 0.15) is 12.5 Å². The molecular formula is C23H27F2N3O4S. The molecule has 2 aromatic rings. The molecule has 1 saturated heterocycles. The fourth-order valence-corrected chi connectivity index (χ4v) is 5.48. The van der Waals surface area contributed by atoms with Crippen molar-refractivity contribution in [3.8, 4) is 16.9 Å². The molecule has 2 aliphatic rings. The van der Waals surface area contributed by atoms with Crippen molar-refractivity contribution < 1.29 is 26.7 Å². The molecule has 1 N–H and O–H groups in total. The van der Waals surface area contributed by atoms with E-state index in [0.717, 1.165) is 0 Å². The maximum atomic E-state index is 15.7. The predicted octanol–water partition coefficient (Wildman–Crippen LogP) is 3.01. The van der Waals surface area contributed by atoms with Crippen LogP contribution in [0.2, 0.25) is 0 Å². The van der Waals surface area contributed by atoms with Gasteiger partial charge in [-0.15, -0.1) is 0 Å². The average Bonchev–Trinajstić information content (AvgIpc) is 3.09. The van der Waals surface area contributed by atoms with E-state index in [1.165, 1.54) is 4.90 Å². The summed E-state index contributed by atoms with van der Waals surface area (Å²) in [6, 6.07) is 8.82. The minimum atomic E-state index is -4.18. The summed E-state index contributed by atoms with van der Waals surface area (Å²) >= 11 is 0. The Labute approximate surface area is 192 Å². The summed E-state index contributed by atoms with van der Waals surface area (Å²) < 4.78 is 61.2. The third kappa shape index (κ3) is 4.67. The van der Waals surface area contributed by atoms with Gasteiger partial charge in [-0.1, -0.05) is 43.3 Å². The molecule has 3 atom stereocenters. The van der Waals surface area contributed by atoms with Gasteiger partial charge < -0.3 is 14.5 Å². The Morgan fingerprint density at radius 3 is 2.64 bits per heavy atom. The zero-order chi connectivity index (χ0) is 23.8. The summed E-state index contributed by atoms with van der Waals surface area (Å²) in [7, 11) is -2.54. The van der Waals surface area contributed by atoms with Crippen molar-refractivity contribution >= 4 is 16.1 Å². The molecule has 4 rings (SSSR count). The number of ether oxygens (including phenoxy) is 1. The Bertz CT molecular complexity index is 1140. The lowest BCUT2D eigenvalue weighted by Crippen LogP contribution is -2.52. The van der Waals surface area contributed by atoms with Crippen LogP contribution in [-0.2, 0) is 16.4 Å². The first-order chi connectivity index (χ1) is 15.7. The Morgan fingerprint density at radius 1 is 1.15 bits per heavy atom. The molecule has 0 unspecified atom stereocenters. The van der Waals surface area contributed by atoms with E-state index in [1.807, 2.05) is 0 Å². The van der Waals surface area contributed by atoms with E-state index in [-0.39, 0.29) is 38.1 Å². The Balaban J connectivity index is 1.81. The van der Waals surface area contributed by atoms with Crippen LogP contribution in [0.4, 0.5) is 13.6 Å². The van der Waals surface area contributed by atoms with Crippen LogP contribution < -0.4 is 9.46 Å². The summed E-state index contributed by atoms with van der Waals surface area (Å²) in [6.45, 7) is 2.54. The van der Waals surface area contributed by atoms with Gasteiger partial charge in [0.1, 0.15) is 18.2 Å². The van der Waals surface area contributed by atoms with Crippen molar-refractivity contribution in [3.05, 3.63) is 53.8 Å². The molecule has 2 aliphatic heterocycles. The molecule has 0 aromatic heterocycles. The van der Waals surface area contributed by atoms with Crippen molar-refractivity contribution in [2.75, 3.05) is 32.8 Å². The van der Waals surface area contributed by atoms with E-state index in [1.54, 1.807) is 61.3 Å². The number of carbonyl (C=O) groups excluding carboxylic acids is 1. The third-order valence-corrected chi connectivity index (χ3v) is 7.23. The lowest BCUT2D eigenvalue weighted by molar-refractivity contribution is 0.146. The Kier molecular flexibility index (Phi) is 6.58. The summed E-state index contributed by atoms with van der Waals surface area (Å²) in [5, 5.41) is 0. The monoisotopic (exact) mass is 479 g/mol. The molecule has 33 heavy (non-hydrogen) atoms. The van der Waals surface area contributed by atoms with Crippen LogP contribution in [0.25, 0.3) is 11.1 Å². The van der Waals surface area contributed by atoms with Gasteiger partial charge >= 0.3 is 6.03 Å². The zero-order valence-corrected chi connectivity index (χ0v) is 19.3. The average molecular weight is 480 g/mol. The second-order valence-corrected chi connectivity index (χ2v) is 10.3. The SMILES string of the molecule is C[C@@H]1CN2C(=O)N(C)CCOc3ccccc3-c3cccc(c3F)C[C@@H]2[C@@H]1NS(=O)(=O)CF. The van der Waals surface area contributed by atoms with E-state index < -0.39 is 33.9 Å². The molecule has 2 amide bonds. The number of nitrogens with zero attached hydrogens (tertiary/aromatic N) is 2. The van der Waals surface area contributed by atoms with Crippen molar-refractivity contribution in [3.63, 3.8) is 0 Å². The number of para-hydroxylation sites is 1.